The molecule has 0 fully saturated rings. The Morgan fingerprint density at radius 3 is 2.55 bits per heavy atom. The van der Waals surface area contributed by atoms with Gasteiger partial charge in [0.05, 0.1) is 11.3 Å². The Bertz CT molecular complexity index is 1000. The highest BCUT2D eigenvalue weighted by atomic mass is 32.2. The lowest BCUT2D eigenvalue weighted by molar-refractivity contribution is -0.142. The number of carbonyl (C=O) groups excluding carboxylic acids is 1. The van der Waals surface area contributed by atoms with Crippen LogP contribution in [0, 0.1) is 13.8 Å². The van der Waals surface area contributed by atoms with Crippen molar-refractivity contribution < 1.29 is 27.2 Å². The van der Waals surface area contributed by atoms with Gasteiger partial charge in [-0.3, -0.25) is 4.79 Å². The molecule has 0 saturated heterocycles. The van der Waals surface area contributed by atoms with Gasteiger partial charge in [-0.1, -0.05) is 29.1 Å². The van der Waals surface area contributed by atoms with Gasteiger partial charge in [-0.05, 0) is 32.0 Å². The van der Waals surface area contributed by atoms with Crippen molar-refractivity contribution in [1.82, 2.24) is 20.1 Å². The van der Waals surface area contributed by atoms with Gasteiger partial charge in [-0.2, -0.15) is 18.2 Å². The Labute approximate surface area is 167 Å². The van der Waals surface area contributed by atoms with Gasteiger partial charge in [0.15, 0.2) is 11.8 Å². The topological polar surface area (TPSA) is 91.0 Å². The van der Waals surface area contributed by atoms with E-state index in [2.05, 4.69) is 20.1 Å². The molecule has 0 spiro atoms. The van der Waals surface area contributed by atoms with Crippen LogP contribution in [0.3, 0.4) is 0 Å². The SMILES string of the molecule is Cc1cc(C)nc(SCC(=O)OCc2nc(-c3cccc(C(F)(F)F)c3)no2)n1. The lowest BCUT2D eigenvalue weighted by atomic mass is 10.1. The van der Waals surface area contributed by atoms with Gasteiger partial charge in [-0.25, -0.2) is 9.97 Å². The molecule has 0 atom stereocenters. The fraction of sp³-hybridized carbons (Fsp3) is 0.278. The molecule has 0 N–H and O–H groups in total. The Hall–Kier alpha value is -2.95. The second-order valence-corrected chi connectivity index (χ2v) is 6.92. The number of alkyl halides is 3. The van der Waals surface area contributed by atoms with Gasteiger partial charge in [0.25, 0.3) is 5.89 Å². The first-order valence-electron chi connectivity index (χ1n) is 8.31. The van der Waals surface area contributed by atoms with E-state index in [4.69, 9.17) is 9.26 Å². The van der Waals surface area contributed by atoms with Crippen molar-refractivity contribution in [2.45, 2.75) is 31.8 Å². The number of benzene rings is 1. The Balaban J connectivity index is 1.56. The molecule has 0 saturated carbocycles. The third-order valence-corrected chi connectivity index (χ3v) is 4.37. The summed E-state index contributed by atoms with van der Waals surface area (Å²) >= 11 is 1.13. The van der Waals surface area contributed by atoms with E-state index in [0.717, 1.165) is 35.3 Å². The first kappa shape index (κ1) is 20.8. The number of rotatable bonds is 6. The first-order chi connectivity index (χ1) is 13.7. The van der Waals surface area contributed by atoms with Crippen LogP contribution in [-0.2, 0) is 22.3 Å². The fourth-order valence-corrected chi connectivity index (χ4v) is 3.08. The highest BCUT2D eigenvalue weighted by molar-refractivity contribution is 7.99. The Morgan fingerprint density at radius 1 is 1.14 bits per heavy atom. The average molecular weight is 424 g/mol. The number of hydrogen-bond donors (Lipinski definition) is 0. The minimum absolute atomic E-state index is 0.0164. The Morgan fingerprint density at radius 2 is 1.86 bits per heavy atom. The standard InChI is InChI=1S/C18H15F3N4O3S/c1-10-6-11(2)23-17(22-10)29-9-15(26)27-8-14-24-16(25-28-14)12-4-3-5-13(7-12)18(19,20)21/h3-7H,8-9H2,1-2H3. The molecule has 0 bridgehead atoms. The molecule has 152 valence electrons. The fourth-order valence-electron chi connectivity index (χ4n) is 2.33. The van der Waals surface area contributed by atoms with E-state index >= 15 is 0 Å². The van der Waals surface area contributed by atoms with Crippen LogP contribution in [0.2, 0.25) is 0 Å². The third-order valence-electron chi connectivity index (χ3n) is 3.55. The van der Waals surface area contributed by atoms with Crippen LogP contribution in [-0.4, -0.2) is 31.8 Å². The largest absolute Gasteiger partial charge is 0.455 e. The van der Waals surface area contributed by atoms with Gasteiger partial charge < -0.3 is 9.26 Å². The number of thioether (sulfide) groups is 1. The Kier molecular flexibility index (Phi) is 6.16. The maximum absolute atomic E-state index is 12.8. The summed E-state index contributed by atoms with van der Waals surface area (Å²) in [6, 6.07) is 6.36. The predicted octanol–water partition coefficient (Wildman–Crippen LogP) is 4.00. The molecule has 0 amide bonds. The molecule has 3 aromatic rings. The van der Waals surface area contributed by atoms with E-state index in [9.17, 15) is 18.0 Å². The molecule has 0 aliphatic heterocycles. The van der Waals surface area contributed by atoms with Crippen molar-refractivity contribution in [1.29, 1.82) is 0 Å². The van der Waals surface area contributed by atoms with Crippen LogP contribution < -0.4 is 0 Å². The summed E-state index contributed by atoms with van der Waals surface area (Å²) in [6.45, 7) is 3.36. The van der Waals surface area contributed by atoms with E-state index in [-0.39, 0.29) is 29.6 Å². The summed E-state index contributed by atoms with van der Waals surface area (Å²) in [7, 11) is 0. The summed E-state index contributed by atoms with van der Waals surface area (Å²) in [4.78, 5) is 24.3. The van der Waals surface area contributed by atoms with Gasteiger partial charge in [0.1, 0.15) is 0 Å². The van der Waals surface area contributed by atoms with Gasteiger partial charge in [0, 0.05) is 17.0 Å². The molecule has 0 aliphatic carbocycles. The number of hydrogen-bond acceptors (Lipinski definition) is 8. The van der Waals surface area contributed by atoms with Gasteiger partial charge in [-0.15, -0.1) is 0 Å². The van der Waals surface area contributed by atoms with Crippen molar-refractivity contribution in [3.05, 3.63) is 53.2 Å². The summed E-state index contributed by atoms with van der Waals surface area (Å²) < 4.78 is 48.4. The second-order valence-electron chi connectivity index (χ2n) is 5.97. The quantitative estimate of drug-likeness (QED) is 0.333. The van der Waals surface area contributed by atoms with Crippen LogP contribution in [0.4, 0.5) is 13.2 Å². The van der Waals surface area contributed by atoms with Crippen molar-refractivity contribution >= 4 is 17.7 Å². The molecule has 0 unspecified atom stereocenters. The molecular weight excluding hydrogens is 409 g/mol. The minimum Gasteiger partial charge on any atom is -0.455 e. The van der Waals surface area contributed by atoms with E-state index in [0.29, 0.717) is 5.16 Å². The summed E-state index contributed by atoms with van der Waals surface area (Å²) in [5, 5.41) is 4.09. The van der Waals surface area contributed by atoms with Crippen molar-refractivity contribution in [2.24, 2.45) is 0 Å². The number of aryl methyl sites for hydroxylation is 2. The van der Waals surface area contributed by atoms with Crippen LogP contribution in [0.1, 0.15) is 22.8 Å². The molecule has 11 heteroatoms. The van der Waals surface area contributed by atoms with Crippen LogP contribution in [0.15, 0.2) is 40.0 Å². The molecule has 1 aromatic carbocycles. The van der Waals surface area contributed by atoms with Gasteiger partial charge >= 0.3 is 12.1 Å². The number of nitrogens with zero attached hydrogens (tertiary/aromatic N) is 4. The molecule has 0 aliphatic rings. The number of ether oxygens (including phenoxy) is 1. The highest BCUT2D eigenvalue weighted by Crippen LogP contribution is 2.31. The normalized spacial score (nSPS) is 11.5. The minimum atomic E-state index is -4.48. The lowest BCUT2D eigenvalue weighted by Crippen LogP contribution is -2.08. The van der Waals surface area contributed by atoms with E-state index in [1.165, 1.54) is 12.1 Å². The molecule has 2 aromatic heterocycles. The summed E-state index contributed by atoms with van der Waals surface area (Å²) in [5.41, 5.74) is 0.907. The third kappa shape index (κ3) is 5.76. The highest BCUT2D eigenvalue weighted by Gasteiger charge is 2.30. The van der Waals surface area contributed by atoms with Crippen molar-refractivity contribution in [2.75, 3.05) is 5.75 Å². The van der Waals surface area contributed by atoms with Crippen LogP contribution in [0.25, 0.3) is 11.4 Å². The van der Waals surface area contributed by atoms with E-state index < -0.39 is 17.7 Å². The number of aromatic nitrogens is 4. The molecular formula is C18H15F3N4O3S. The predicted molar refractivity (Wildman–Crippen MR) is 96.8 cm³/mol. The maximum atomic E-state index is 12.8. The zero-order valence-corrected chi connectivity index (χ0v) is 16.2. The number of halogens is 3. The summed E-state index contributed by atoms with van der Waals surface area (Å²) in [6.07, 6.45) is -4.48. The molecule has 2 heterocycles. The smallest absolute Gasteiger partial charge is 0.416 e. The maximum Gasteiger partial charge on any atom is 0.416 e. The zero-order chi connectivity index (χ0) is 21.0. The average Bonchev–Trinajstić information content (AvgIpc) is 3.12. The van der Waals surface area contributed by atoms with Gasteiger partial charge in [0.2, 0.25) is 5.82 Å². The second kappa shape index (κ2) is 8.60. The molecule has 0 radical (unpaired) electrons. The zero-order valence-electron chi connectivity index (χ0n) is 15.4. The number of esters is 1. The van der Waals surface area contributed by atoms with Crippen molar-refractivity contribution in [3.63, 3.8) is 0 Å². The molecule has 7 nitrogen and oxygen atoms in total. The van der Waals surface area contributed by atoms with Crippen molar-refractivity contribution in [3.8, 4) is 11.4 Å². The summed E-state index contributed by atoms with van der Waals surface area (Å²) in [5.74, 6) is -0.618. The van der Waals surface area contributed by atoms with Crippen LogP contribution in [0.5, 0.6) is 0 Å². The number of carbonyl (C=O) groups is 1. The van der Waals surface area contributed by atoms with E-state index in [1.807, 2.05) is 19.9 Å². The van der Waals surface area contributed by atoms with E-state index in [1.54, 1.807) is 0 Å². The first-order valence-corrected chi connectivity index (χ1v) is 9.30. The molecule has 3 rings (SSSR count). The lowest BCUT2D eigenvalue weighted by Gasteiger charge is -2.06. The molecule has 29 heavy (non-hydrogen) atoms. The monoisotopic (exact) mass is 424 g/mol. The van der Waals surface area contributed by atoms with Crippen LogP contribution >= 0.6 is 11.8 Å².